The van der Waals surface area contributed by atoms with Crippen LogP contribution in [0.4, 0.5) is 0 Å². The van der Waals surface area contributed by atoms with E-state index in [2.05, 4.69) is 4.74 Å². The fourth-order valence-corrected chi connectivity index (χ4v) is 2.98. The van der Waals surface area contributed by atoms with Crippen molar-refractivity contribution in [3.8, 4) is 0 Å². The molecule has 0 radical (unpaired) electrons. The van der Waals surface area contributed by atoms with E-state index in [1.54, 1.807) is 12.1 Å². The van der Waals surface area contributed by atoms with Gasteiger partial charge in [0.15, 0.2) is 9.84 Å². The molecule has 1 unspecified atom stereocenters. The summed E-state index contributed by atoms with van der Waals surface area (Å²) >= 11 is 0. The van der Waals surface area contributed by atoms with Gasteiger partial charge in [-0.3, -0.25) is 4.79 Å². The third-order valence-electron chi connectivity index (χ3n) is 2.56. The zero-order chi connectivity index (χ0) is 13.8. The molecular weight excluding hydrogens is 256 g/mol. The third-order valence-corrected chi connectivity index (χ3v) is 4.39. The molecule has 100 valence electrons. The molecule has 1 atom stereocenters. The summed E-state index contributed by atoms with van der Waals surface area (Å²) in [7, 11) is -2.45. The summed E-state index contributed by atoms with van der Waals surface area (Å²) in [4.78, 5) is 11.4. The van der Waals surface area contributed by atoms with E-state index in [4.69, 9.17) is 5.11 Å². The van der Waals surface area contributed by atoms with Gasteiger partial charge in [0.2, 0.25) is 0 Å². The highest BCUT2D eigenvalue weighted by molar-refractivity contribution is 7.91. The predicted octanol–water partition coefficient (Wildman–Crippen LogP) is 0.550. The summed E-state index contributed by atoms with van der Waals surface area (Å²) in [6.07, 6.45) is 0. The predicted molar refractivity (Wildman–Crippen MR) is 65.8 cm³/mol. The Balaban J connectivity index is 2.94. The van der Waals surface area contributed by atoms with Crippen molar-refractivity contribution in [2.75, 3.05) is 19.5 Å². The number of hydrogen-bond acceptors (Lipinski definition) is 5. The van der Waals surface area contributed by atoms with Gasteiger partial charge < -0.3 is 9.84 Å². The molecule has 0 fully saturated rings. The van der Waals surface area contributed by atoms with Crippen LogP contribution in [0.1, 0.15) is 5.56 Å². The van der Waals surface area contributed by atoms with Crippen LogP contribution < -0.4 is 0 Å². The summed E-state index contributed by atoms with van der Waals surface area (Å²) < 4.78 is 28.5. The summed E-state index contributed by atoms with van der Waals surface area (Å²) in [5.41, 5.74) is 0.945. The maximum Gasteiger partial charge on any atom is 0.312 e. The number of ether oxygens (including phenoxy) is 1. The van der Waals surface area contributed by atoms with Crippen molar-refractivity contribution in [2.45, 2.75) is 11.8 Å². The normalized spacial score (nSPS) is 13.1. The highest BCUT2D eigenvalue weighted by atomic mass is 32.2. The first kappa shape index (κ1) is 14.7. The third kappa shape index (κ3) is 3.54. The fraction of sp³-hybridized carbons (Fsp3) is 0.417. The fourth-order valence-electron chi connectivity index (χ4n) is 1.47. The lowest BCUT2D eigenvalue weighted by Crippen LogP contribution is -2.28. The molecule has 1 rings (SSSR count). The van der Waals surface area contributed by atoms with Gasteiger partial charge >= 0.3 is 5.97 Å². The molecule has 0 heterocycles. The van der Waals surface area contributed by atoms with Gasteiger partial charge in [0.05, 0.1) is 30.3 Å². The number of esters is 1. The lowest BCUT2D eigenvalue weighted by atomic mass is 10.2. The van der Waals surface area contributed by atoms with Crippen LogP contribution in [-0.2, 0) is 19.4 Å². The molecule has 0 aliphatic heterocycles. The summed E-state index contributed by atoms with van der Waals surface area (Å²) in [6, 6.07) is 6.32. The zero-order valence-corrected chi connectivity index (χ0v) is 11.1. The van der Waals surface area contributed by atoms with Crippen LogP contribution in [0.25, 0.3) is 0 Å². The monoisotopic (exact) mass is 272 g/mol. The van der Waals surface area contributed by atoms with Crippen molar-refractivity contribution >= 4 is 15.8 Å². The number of sulfone groups is 1. The lowest BCUT2D eigenvalue weighted by molar-refractivity contribution is -0.145. The van der Waals surface area contributed by atoms with Crippen LogP contribution in [0.15, 0.2) is 29.2 Å². The Morgan fingerprint density at radius 1 is 1.33 bits per heavy atom. The van der Waals surface area contributed by atoms with Crippen LogP contribution in [0.5, 0.6) is 0 Å². The maximum atomic E-state index is 12.0. The number of hydrogen-bond donors (Lipinski definition) is 1. The van der Waals surface area contributed by atoms with Crippen molar-refractivity contribution in [1.82, 2.24) is 0 Å². The van der Waals surface area contributed by atoms with E-state index in [1.165, 1.54) is 12.1 Å². The van der Waals surface area contributed by atoms with Crippen molar-refractivity contribution < 1.29 is 23.1 Å². The van der Waals surface area contributed by atoms with Gasteiger partial charge in [0, 0.05) is 0 Å². The number of benzene rings is 1. The van der Waals surface area contributed by atoms with Gasteiger partial charge in [-0.25, -0.2) is 8.42 Å². The molecular formula is C12H16O5S. The van der Waals surface area contributed by atoms with Crippen LogP contribution in [0, 0.1) is 12.8 Å². The molecule has 0 aromatic heterocycles. The Bertz CT molecular complexity index is 504. The van der Waals surface area contributed by atoms with Crippen molar-refractivity contribution in [1.29, 1.82) is 0 Å². The molecule has 1 aromatic carbocycles. The number of aryl methyl sites for hydroxylation is 1. The van der Waals surface area contributed by atoms with Crippen molar-refractivity contribution in [3.05, 3.63) is 29.8 Å². The lowest BCUT2D eigenvalue weighted by Gasteiger charge is -2.12. The smallest absolute Gasteiger partial charge is 0.312 e. The number of methoxy groups -OCH3 is 1. The van der Waals surface area contributed by atoms with E-state index in [0.29, 0.717) is 0 Å². The molecule has 0 saturated carbocycles. The van der Waals surface area contributed by atoms with E-state index in [1.807, 2.05) is 6.92 Å². The SMILES string of the molecule is COC(=O)C(CO)CS(=O)(=O)c1ccc(C)cc1. The molecule has 0 saturated heterocycles. The van der Waals surface area contributed by atoms with Gasteiger partial charge in [0.1, 0.15) is 0 Å². The first-order valence-electron chi connectivity index (χ1n) is 5.39. The molecule has 6 heteroatoms. The maximum absolute atomic E-state index is 12.0. The standard InChI is InChI=1S/C12H16O5S/c1-9-3-5-11(6-4-9)18(15,16)8-10(7-13)12(14)17-2/h3-6,10,13H,7-8H2,1-2H3. The second-order valence-corrected chi connectivity index (χ2v) is 6.03. The molecule has 0 amide bonds. The molecule has 0 aliphatic carbocycles. The molecule has 0 bridgehead atoms. The molecule has 1 aromatic rings. The average Bonchev–Trinajstić information content (AvgIpc) is 2.35. The Morgan fingerprint density at radius 3 is 2.33 bits per heavy atom. The van der Waals surface area contributed by atoms with Crippen molar-refractivity contribution in [3.63, 3.8) is 0 Å². The average molecular weight is 272 g/mol. The molecule has 18 heavy (non-hydrogen) atoms. The highest BCUT2D eigenvalue weighted by Crippen LogP contribution is 2.15. The van der Waals surface area contributed by atoms with E-state index in [-0.39, 0.29) is 4.90 Å². The van der Waals surface area contributed by atoms with Crippen LogP contribution in [-0.4, -0.2) is 39.0 Å². The molecule has 5 nitrogen and oxygen atoms in total. The Kier molecular flexibility index (Phi) is 4.86. The molecule has 0 aliphatic rings. The van der Waals surface area contributed by atoms with Gasteiger partial charge in [-0.2, -0.15) is 0 Å². The number of aliphatic hydroxyl groups is 1. The van der Waals surface area contributed by atoms with E-state index in [9.17, 15) is 13.2 Å². The van der Waals surface area contributed by atoms with E-state index in [0.717, 1.165) is 12.7 Å². The topological polar surface area (TPSA) is 80.7 Å². The Hall–Kier alpha value is -1.40. The summed E-state index contributed by atoms with van der Waals surface area (Å²) in [5.74, 6) is -2.24. The minimum Gasteiger partial charge on any atom is -0.469 e. The first-order valence-corrected chi connectivity index (χ1v) is 7.04. The number of rotatable bonds is 5. The van der Waals surface area contributed by atoms with Crippen LogP contribution in [0.3, 0.4) is 0 Å². The van der Waals surface area contributed by atoms with E-state index < -0.39 is 34.1 Å². The number of carbonyl (C=O) groups excluding carboxylic acids is 1. The quantitative estimate of drug-likeness (QED) is 0.792. The second kappa shape index (κ2) is 5.97. The minimum absolute atomic E-state index is 0.135. The first-order chi connectivity index (χ1) is 8.40. The molecule has 1 N–H and O–H groups in total. The second-order valence-electron chi connectivity index (χ2n) is 4.00. The van der Waals surface area contributed by atoms with E-state index >= 15 is 0 Å². The summed E-state index contributed by atoms with van der Waals surface area (Å²) in [5, 5.41) is 9.02. The zero-order valence-electron chi connectivity index (χ0n) is 10.3. The van der Waals surface area contributed by atoms with Gasteiger partial charge in [-0.15, -0.1) is 0 Å². The number of aliphatic hydroxyl groups excluding tert-OH is 1. The Morgan fingerprint density at radius 2 is 1.89 bits per heavy atom. The van der Waals surface area contributed by atoms with Gasteiger partial charge in [0.25, 0.3) is 0 Å². The van der Waals surface area contributed by atoms with Crippen LogP contribution in [0.2, 0.25) is 0 Å². The highest BCUT2D eigenvalue weighted by Gasteiger charge is 2.26. The van der Waals surface area contributed by atoms with Crippen LogP contribution >= 0.6 is 0 Å². The summed E-state index contributed by atoms with van der Waals surface area (Å²) in [6.45, 7) is 1.29. The van der Waals surface area contributed by atoms with Gasteiger partial charge in [-0.05, 0) is 19.1 Å². The Labute approximate surface area is 106 Å². The number of carbonyl (C=O) groups is 1. The van der Waals surface area contributed by atoms with Gasteiger partial charge in [-0.1, -0.05) is 17.7 Å². The molecule has 0 spiro atoms. The largest absolute Gasteiger partial charge is 0.469 e. The van der Waals surface area contributed by atoms with Crippen molar-refractivity contribution in [2.24, 2.45) is 5.92 Å². The minimum atomic E-state index is -3.60.